The summed E-state index contributed by atoms with van der Waals surface area (Å²) in [5.74, 6) is 2.46. The van der Waals surface area contributed by atoms with Crippen LogP contribution in [0.5, 0.6) is 0 Å². The third-order valence-corrected chi connectivity index (χ3v) is 2.63. The lowest BCUT2D eigenvalue weighted by Gasteiger charge is -2.17. The van der Waals surface area contributed by atoms with Crippen LogP contribution in [0.25, 0.3) is 0 Å². The molecule has 3 nitrogen and oxygen atoms in total. The van der Waals surface area contributed by atoms with Crippen molar-refractivity contribution >= 4 is 19.9 Å². The first-order valence-corrected chi connectivity index (χ1v) is 5.77. The molecule has 0 spiro atoms. The monoisotopic (exact) mass is 209 g/mol. The minimum Gasteiger partial charge on any atom is -0.195 e. The van der Waals surface area contributed by atoms with Crippen molar-refractivity contribution in [3.8, 4) is 12.3 Å². The van der Waals surface area contributed by atoms with Gasteiger partial charge in [0, 0.05) is 17.2 Å². The van der Waals surface area contributed by atoms with Crippen molar-refractivity contribution in [1.29, 1.82) is 0 Å². The lowest BCUT2D eigenvalue weighted by Crippen LogP contribution is -2.31. The van der Waals surface area contributed by atoms with Crippen LogP contribution in [0, 0.1) is 18.3 Å². The topological polar surface area (TPSA) is 37.4 Å². The SMILES string of the molecule is C#CCN(CC(C)C)S(=O)(=O)Cl. The smallest absolute Gasteiger partial charge is 0.195 e. The lowest BCUT2D eigenvalue weighted by atomic mass is 10.2. The average Bonchev–Trinajstić information content (AvgIpc) is 1.83. The fraction of sp³-hybridized carbons (Fsp3) is 0.714. The fourth-order valence-electron chi connectivity index (χ4n) is 0.740. The van der Waals surface area contributed by atoms with Crippen LogP contribution >= 0.6 is 10.7 Å². The molecule has 0 saturated heterocycles. The molecule has 0 saturated carbocycles. The first kappa shape index (κ1) is 11.8. The summed E-state index contributed by atoms with van der Waals surface area (Å²) in [4.78, 5) is 0. The molecule has 0 aromatic carbocycles. The second-order valence-corrected chi connectivity index (χ2v) is 5.34. The molecule has 5 heteroatoms. The zero-order valence-electron chi connectivity index (χ0n) is 7.12. The molecule has 0 unspecified atom stereocenters. The van der Waals surface area contributed by atoms with Crippen LogP contribution in [-0.4, -0.2) is 25.8 Å². The van der Waals surface area contributed by atoms with Crippen LogP contribution in [0.3, 0.4) is 0 Å². The van der Waals surface area contributed by atoms with Crippen LogP contribution in [0.2, 0.25) is 0 Å². The predicted octanol–water partition coefficient (Wildman–Crippen LogP) is 1.06. The molecule has 0 fully saturated rings. The van der Waals surface area contributed by atoms with Crippen molar-refractivity contribution < 1.29 is 8.42 Å². The van der Waals surface area contributed by atoms with Crippen LogP contribution in [-0.2, 0) is 9.24 Å². The Balaban J connectivity index is 4.37. The Hall–Kier alpha value is -0.240. The van der Waals surface area contributed by atoms with Gasteiger partial charge in [0.05, 0.1) is 6.54 Å². The van der Waals surface area contributed by atoms with Gasteiger partial charge >= 0.3 is 9.24 Å². The molecule has 0 amide bonds. The third-order valence-electron chi connectivity index (χ3n) is 1.14. The van der Waals surface area contributed by atoms with E-state index in [1.807, 2.05) is 13.8 Å². The van der Waals surface area contributed by atoms with Gasteiger partial charge in [-0.1, -0.05) is 19.8 Å². The summed E-state index contributed by atoms with van der Waals surface area (Å²) in [5.41, 5.74) is 0. The van der Waals surface area contributed by atoms with Crippen molar-refractivity contribution in [2.24, 2.45) is 5.92 Å². The molecule has 0 aromatic rings. The Morgan fingerprint density at radius 3 is 2.33 bits per heavy atom. The minimum atomic E-state index is -3.66. The first-order chi connectivity index (χ1) is 5.38. The van der Waals surface area contributed by atoms with Crippen LogP contribution < -0.4 is 0 Å². The molecule has 0 aliphatic carbocycles. The second-order valence-electron chi connectivity index (χ2n) is 2.83. The van der Waals surface area contributed by atoms with Crippen molar-refractivity contribution in [3.63, 3.8) is 0 Å². The van der Waals surface area contributed by atoms with Crippen LogP contribution in [0.15, 0.2) is 0 Å². The molecule has 0 heterocycles. The van der Waals surface area contributed by atoms with Gasteiger partial charge in [0.15, 0.2) is 0 Å². The lowest BCUT2D eigenvalue weighted by molar-refractivity contribution is 0.405. The van der Waals surface area contributed by atoms with Crippen molar-refractivity contribution in [3.05, 3.63) is 0 Å². The van der Waals surface area contributed by atoms with E-state index in [-0.39, 0.29) is 12.5 Å². The molecule has 0 bridgehead atoms. The van der Waals surface area contributed by atoms with E-state index in [0.29, 0.717) is 6.54 Å². The molecular weight excluding hydrogens is 198 g/mol. The molecule has 70 valence electrons. The highest BCUT2D eigenvalue weighted by atomic mass is 35.7. The van der Waals surface area contributed by atoms with Gasteiger partial charge in [0.1, 0.15) is 0 Å². The summed E-state index contributed by atoms with van der Waals surface area (Å²) in [6.07, 6.45) is 4.99. The zero-order valence-corrected chi connectivity index (χ0v) is 8.69. The summed E-state index contributed by atoms with van der Waals surface area (Å²) >= 11 is 0. The van der Waals surface area contributed by atoms with Crippen molar-refractivity contribution in [2.75, 3.05) is 13.1 Å². The van der Waals surface area contributed by atoms with Gasteiger partial charge in [0.25, 0.3) is 0 Å². The largest absolute Gasteiger partial charge is 0.300 e. The molecule has 12 heavy (non-hydrogen) atoms. The van der Waals surface area contributed by atoms with Gasteiger partial charge in [-0.3, -0.25) is 0 Å². The normalized spacial score (nSPS) is 12.0. The quantitative estimate of drug-likeness (QED) is 0.513. The number of hydrogen-bond acceptors (Lipinski definition) is 2. The molecule has 0 aromatic heterocycles. The van der Waals surface area contributed by atoms with E-state index in [1.165, 1.54) is 0 Å². The van der Waals surface area contributed by atoms with E-state index < -0.39 is 9.24 Å². The van der Waals surface area contributed by atoms with E-state index in [1.54, 1.807) is 0 Å². The summed E-state index contributed by atoms with van der Waals surface area (Å²) in [6, 6.07) is 0. The van der Waals surface area contributed by atoms with Gasteiger partial charge in [-0.15, -0.1) is 6.42 Å². The third kappa shape index (κ3) is 4.60. The maximum atomic E-state index is 10.9. The molecule has 0 aliphatic heterocycles. The summed E-state index contributed by atoms with van der Waals surface area (Å²) in [5, 5.41) is 0. The standard InChI is InChI=1S/C7H12ClNO2S/c1-4-5-9(6-7(2)3)12(8,10)11/h1,7H,5-6H2,2-3H3. The maximum Gasteiger partial charge on any atom is 0.300 e. The highest BCUT2D eigenvalue weighted by Gasteiger charge is 2.18. The molecule has 0 aliphatic rings. The summed E-state index contributed by atoms with van der Waals surface area (Å²) in [7, 11) is 1.47. The molecule has 0 N–H and O–H groups in total. The number of halogens is 1. The van der Waals surface area contributed by atoms with Gasteiger partial charge < -0.3 is 0 Å². The van der Waals surface area contributed by atoms with Gasteiger partial charge in [-0.2, -0.15) is 12.7 Å². The predicted molar refractivity (Wildman–Crippen MR) is 50.0 cm³/mol. The first-order valence-electron chi connectivity index (χ1n) is 3.51. The summed E-state index contributed by atoms with van der Waals surface area (Å²) < 4.78 is 22.8. The van der Waals surface area contributed by atoms with E-state index in [2.05, 4.69) is 5.92 Å². The highest BCUT2D eigenvalue weighted by molar-refractivity contribution is 8.11. The minimum absolute atomic E-state index is 0.0318. The van der Waals surface area contributed by atoms with Crippen LogP contribution in [0.1, 0.15) is 13.8 Å². The Morgan fingerprint density at radius 1 is 1.58 bits per heavy atom. The van der Waals surface area contributed by atoms with Crippen molar-refractivity contribution in [2.45, 2.75) is 13.8 Å². The average molecular weight is 210 g/mol. The second kappa shape index (κ2) is 4.70. The number of rotatable bonds is 4. The number of nitrogens with zero attached hydrogens (tertiary/aromatic N) is 1. The van der Waals surface area contributed by atoms with E-state index in [9.17, 15) is 8.42 Å². The number of hydrogen-bond donors (Lipinski definition) is 0. The molecular formula is C7H12ClNO2S. The highest BCUT2D eigenvalue weighted by Crippen LogP contribution is 2.08. The van der Waals surface area contributed by atoms with Crippen LogP contribution in [0.4, 0.5) is 0 Å². The van der Waals surface area contributed by atoms with E-state index in [4.69, 9.17) is 17.1 Å². The van der Waals surface area contributed by atoms with Crippen molar-refractivity contribution in [1.82, 2.24) is 4.31 Å². The zero-order chi connectivity index (χ0) is 9.78. The Morgan fingerprint density at radius 2 is 2.08 bits per heavy atom. The Labute approximate surface area is 78.3 Å². The van der Waals surface area contributed by atoms with Gasteiger partial charge in [-0.05, 0) is 5.92 Å². The molecule has 0 atom stereocenters. The Bertz CT molecular complexity index is 266. The molecule has 0 radical (unpaired) electrons. The summed E-state index contributed by atoms with van der Waals surface area (Å²) in [6.45, 7) is 4.18. The molecule has 0 rings (SSSR count). The van der Waals surface area contributed by atoms with Gasteiger partial charge in [-0.25, -0.2) is 0 Å². The van der Waals surface area contributed by atoms with E-state index >= 15 is 0 Å². The fourth-order valence-corrected chi connectivity index (χ4v) is 1.76. The van der Waals surface area contributed by atoms with E-state index in [0.717, 1.165) is 4.31 Å². The van der Waals surface area contributed by atoms with Gasteiger partial charge in [0.2, 0.25) is 0 Å². The maximum absolute atomic E-state index is 10.9. The number of terminal acetylenes is 1. The Kier molecular flexibility index (Phi) is 4.61.